The Hall–Kier alpha value is -0.930. The maximum Gasteiger partial charge on any atom is 0.0544 e. The molecule has 0 bridgehead atoms. The number of aromatic nitrogens is 1. The Morgan fingerprint density at radius 3 is 2.76 bits per heavy atom. The lowest BCUT2D eigenvalue weighted by Crippen LogP contribution is -2.68. The first-order chi connectivity index (χ1) is 10.2. The summed E-state index contributed by atoms with van der Waals surface area (Å²) in [5.74, 6) is 0.882. The zero-order valence-electron chi connectivity index (χ0n) is 13.1. The Balaban J connectivity index is 1.58. The van der Waals surface area contributed by atoms with Gasteiger partial charge >= 0.3 is 0 Å². The maximum absolute atomic E-state index is 4.57. The average Bonchev–Trinajstić information content (AvgIpc) is 3.27. The van der Waals surface area contributed by atoms with Gasteiger partial charge in [0.25, 0.3) is 0 Å². The fourth-order valence-electron chi connectivity index (χ4n) is 4.50. The monoisotopic (exact) mass is 285 g/mol. The topological polar surface area (TPSA) is 28.2 Å². The van der Waals surface area contributed by atoms with E-state index in [0.717, 1.165) is 19.0 Å². The van der Waals surface area contributed by atoms with Gasteiger partial charge in [0.05, 0.1) is 5.69 Å². The van der Waals surface area contributed by atoms with Crippen LogP contribution in [0.25, 0.3) is 0 Å². The Morgan fingerprint density at radius 2 is 2.10 bits per heavy atom. The van der Waals surface area contributed by atoms with Gasteiger partial charge in [0, 0.05) is 36.9 Å². The molecule has 1 atom stereocenters. The highest BCUT2D eigenvalue weighted by atomic mass is 15.3. The molecule has 3 nitrogen and oxygen atoms in total. The first kappa shape index (κ1) is 13.7. The maximum atomic E-state index is 4.57. The number of nitrogens with one attached hydrogen (secondary N) is 1. The van der Waals surface area contributed by atoms with Crippen molar-refractivity contribution < 1.29 is 0 Å². The van der Waals surface area contributed by atoms with Gasteiger partial charge in [-0.3, -0.25) is 9.88 Å². The fourth-order valence-corrected chi connectivity index (χ4v) is 4.50. The van der Waals surface area contributed by atoms with Crippen molar-refractivity contribution in [2.24, 2.45) is 5.92 Å². The molecular weight excluding hydrogens is 258 g/mol. The van der Waals surface area contributed by atoms with Crippen LogP contribution in [0.3, 0.4) is 0 Å². The minimum absolute atomic E-state index is 0.325. The summed E-state index contributed by atoms with van der Waals surface area (Å²) in [5, 5.41) is 3.96. The molecule has 0 radical (unpaired) electrons. The number of nitrogens with zero attached hydrogens (tertiary/aromatic N) is 2. The van der Waals surface area contributed by atoms with E-state index in [1.807, 2.05) is 12.3 Å². The van der Waals surface area contributed by atoms with Crippen LogP contribution in [0.2, 0.25) is 0 Å². The molecule has 1 aromatic rings. The Morgan fingerprint density at radius 1 is 1.29 bits per heavy atom. The van der Waals surface area contributed by atoms with E-state index in [9.17, 15) is 0 Å². The van der Waals surface area contributed by atoms with Gasteiger partial charge in [-0.2, -0.15) is 0 Å². The lowest BCUT2D eigenvalue weighted by atomic mass is 9.83. The smallest absolute Gasteiger partial charge is 0.0544 e. The van der Waals surface area contributed by atoms with E-state index >= 15 is 0 Å². The Bertz CT molecular complexity index is 490. The van der Waals surface area contributed by atoms with E-state index in [4.69, 9.17) is 0 Å². The van der Waals surface area contributed by atoms with Gasteiger partial charge in [0.1, 0.15) is 0 Å². The van der Waals surface area contributed by atoms with Crippen LogP contribution in [-0.2, 0) is 6.54 Å². The molecule has 1 aromatic heterocycles. The van der Waals surface area contributed by atoms with Gasteiger partial charge in [-0.05, 0) is 50.7 Å². The van der Waals surface area contributed by atoms with Gasteiger partial charge in [-0.15, -0.1) is 0 Å². The Kier molecular flexibility index (Phi) is 3.31. The molecule has 2 heterocycles. The molecule has 1 unspecified atom stereocenters. The van der Waals surface area contributed by atoms with E-state index in [-0.39, 0.29) is 0 Å². The highest BCUT2D eigenvalue weighted by molar-refractivity contribution is 5.13. The van der Waals surface area contributed by atoms with Crippen molar-refractivity contribution in [1.82, 2.24) is 15.2 Å². The number of hydrogen-bond acceptors (Lipinski definition) is 3. The average molecular weight is 285 g/mol. The standard InChI is InChI=1S/C18H27N3/c1-17(15-7-8-15)13-20-18(9-3-4-10-18)14-21(17)12-16-6-2-5-11-19-16/h2,5-6,11,15,20H,3-4,7-10,12-14H2,1H3. The van der Waals surface area contributed by atoms with Gasteiger partial charge in [0.2, 0.25) is 0 Å². The molecule has 2 saturated carbocycles. The summed E-state index contributed by atoms with van der Waals surface area (Å²) in [4.78, 5) is 7.33. The lowest BCUT2D eigenvalue weighted by Gasteiger charge is -2.53. The number of hydrogen-bond donors (Lipinski definition) is 1. The van der Waals surface area contributed by atoms with Crippen molar-refractivity contribution in [3.05, 3.63) is 30.1 Å². The summed E-state index contributed by atoms with van der Waals surface area (Å²) in [6, 6.07) is 6.31. The number of piperazine rings is 1. The summed E-state index contributed by atoms with van der Waals surface area (Å²) in [5.41, 5.74) is 1.94. The van der Waals surface area contributed by atoms with E-state index < -0.39 is 0 Å². The third-order valence-electron chi connectivity index (χ3n) is 6.13. The summed E-state index contributed by atoms with van der Waals surface area (Å²) in [6.07, 6.45) is 10.2. The van der Waals surface area contributed by atoms with Crippen LogP contribution in [0.1, 0.15) is 51.1 Å². The van der Waals surface area contributed by atoms with Gasteiger partial charge in [0.15, 0.2) is 0 Å². The normalized spacial score (nSPS) is 32.6. The minimum Gasteiger partial charge on any atom is -0.308 e. The molecular formula is C18H27N3. The quantitative estimate of drug-likeness (QED) is 0.925. The van der Waals surface area contributed by atoms with Crippen molar-refractivity contribution in [3.63, 3.8) is 0 Å². The number of pyridine rings is 1. The van der Waals surface area contributed by atoms with Crippen LogP contribution in [0, 0.1) is 5.92 Å². The fraction of sp³-hybridized carbons (Fsp3) is 0.722. The molecule has 1 N–H and O–H groups in total. The molecule has 114 valence electrons. The van der Waals surface area contributed by atoms with E-state index in [1.165, 1.54) is 50.8 Å². The SMILES string of the molecule is CC1(C2CC2)CNC2(CCCC2)CN1Cc1ccccn1. The van der Waals surface area contributed by atoms with E-state index in [2.05, 4.69) is 34.3 Å². The molecule has 3 aliphatic rings. The van der Waals surface area contributed by atoms with Crippen LogP contribution in [0.5, 0.6) is 0 Å². The molecule has 1 spiro atoms. The molecule has 0 amide bonds. The van der Waals surface area contributed by atoms with Crippen LogP contribution in [0.4, 0.5) is 0 Å². The molecule has 3 heteroatoms. The Labute approximate surface area is 128 Å². The van der Waals surface area contributed by atoms with Crippen molar-refractivity contribution in [1.29, 1.82) is 0 Å². The lowest BCUT2D eigenvalue weighted by molar-refractivity contribution is -0.00463. The zero-order chi connectivity index (χ0) is 14.3. The van der Waals surface area contributed by atoms with Crippen molar-refractivity contribution >= 4 is 0 Å². The highest BCUT2D eigenvalue weighted by Crippen LogP contribution is 2.47. The molecule has 2 aliphatic carbocycles. The second kappa shape index (κ2) is 5.06. The zero-order valence-corrected chi connectivity index (χ0v) is 13.1. The number of rotatable bonds is 3. The van der Waals surface area contributed by atoms with E-state index in [0.29, 0.717) is 11.1 Å². The van der Waals surface area contributed by atoms with Crippen LogP contribution >= 0.6 is 0 Å². The largest absolute Gasteiger partial charge is 0.308 e. The van der Waals surface area contributed by atoms with Gasteiger partial charge in [-0.25, -0.2) is 0 Å². The minimum atomic E-state index is 0.325. The summed E-state index contributed by atoms with van der Waals surface area (Å²) < 4.78 is 0. The van der Waals surface area contributed by atoms with Crippen molar-refractivity contribution in [2.75, 3.05) is 13.1 Å². The first-order valence-corrected chi connectivity index (χ1v) is 8.60. The van der Waals surface area contributed by atoms with Crippen LogP contribution < -0.4 is 5.32 Å². The molecule has 3 fully saturated rings. The predicted octanol–water partition coefficient (Wildman–Crippen LogP) is 2.97. The molecule has 4 rings (SSSR count). The molecule has 1 saturated heterocycles. The highest BCUT2D eigenvalue weighted by Gasteiger charge is 2.52. The first-order valence-electron chi connectivity index (χ1n) is 8.60. The molecule has 21 heavy (non-hydrogen) atoms. The third-order valence-corrected chi connectivity index (χ3v) is 6.13. The van der Waals surface area contributed by atoms with Gasteiger partial charge < -0.3 is 5.32 Å². The molecule has 0 aromatic carbocycles. The summed E-state index contributed by atoms with van der Waals surface area (Å²) >= 11 is 0. The van der Waals surface area contributed by atoms with Crippen LogP contribution in [-0.4, -0.2) is 34.1 Å². The second-order valence-electron chi connectivity index (χ2n) is 7.65. The van der Waals surface area contributed by atoms with Crippen molar-refractivity contribution in [2.45, 2.75) is 63.1 Å². The van der Waals surface area contributed by atoms with Gasteiger partial charge in [-0.1, -0.05) is 18.9 Å². The summed E-state index contributed by atoms with van der Waals surface area (Å²) in [6.45, 7) is 5.85. The molecule has 1 aliphatic heterocycles. The van der Waals surface area contributed by atoms with Crippen LogP contribution in [0.15, 0.2) is 24.4 Å². The third kappa shape index (κ3) is 2.51. The summed E-state index contributed by atoms with van der Waals surface area (Å²) in [7, 11) is 0. The predicted molar refractivity (Wildman–Crippen MR) is 85.0 cm³/mol. The second-order valence-corrected chi connectivity index (χ2v) is 7.65. The van der Waals surface area contributed by atoms with E-state index in [1.54, 1.807) is 0 Å². The van der Waals surface area contributed by atoms with Crippen molar-refractivity contribution in [3.8, 4) is 0 Å².